The van der Waals surface area contributed by atoms with Crippen LogP contribution < -0.4 is 10.2 Å². The van der Waals surface area contributed by atoms with Crippen molar-refractivity contribution in [1.29, 1.82) is 0 Å². The molecule has 0 saturated carbocycles. The molecule has 0 spiro atoms. The lowest BCUT2D eigenvalue weighted by molar-refractivity contribution is -0.0521. The summed E-state index contributed by atoms with van der Waals surface area (Å²) >= 11 is 1.34. The first kappa shape index (κ1) is 17.0. The molecule has 1 heterocycles. The number of ether oxygens (including phenoxy) is 1. The fraction of sp³-hybridized carbons (Fsp3) is 0.0588. The van der Waals surface area contributed by atoms with Crippen LogP contribution in [0, 0.1) is 5.82 Å². The third-order valence-corrected chi connectivity index (χ3v) is 3.89. The summed E-state index contributed by atoms with van der Waals surface area (Å²) in [5.41, 5.74) is 4.48. The van der Waals surface area contributed by atoms with E-state index in [0.717, 1.165) is 17.3 Å². The van der Waals surface area contributed by atoms with E-state index in [1.165, 1.54) is 29.7 Å². The average molecular weight is 363 g/mol. The molecule has 0 unspecified atom stereocenters. The van der Waals surface area contributed by atoms with E-state index in [1.54, 1.807) is 0 Å². The molecule has 0 fully saturated rings. The molecule has 2 aromatic carbocycles. The molecule has 3 aromatic rings. The van der Waals surface area contributed by atoms with Gasteiger partial charge in [0.2, 0.25) is 5.13 Å². The molecule has 3 rings (SSSR count). The van der Waals surface area contributed by atoms with Crippen LogP contribution in [0.3, 0.4) is 0 Å². The first-order valence-corrected chi connectivity index (χ1v) is 8.05. The summed E-state index contributed by atoms with van der Waals surface area (Å²) < 4.78 is 42.5. The number of thiazole rings is 1. The van der Waals surface area contributed by atoms with Crippen molar-refractivity contribution < 1.29 is 17.9 Å². The van der Waals surface area contributed by atoms with E-state index >= 15 is 0 Å². The second-order valence-corrected chi connectivity index (χ2v) is 5.67. The van der Waals surface area contributed by atoms with Gasteiger partial charge in [0, 0.05) is 16.5 Å². The van der Waals surface area contributed by atoms with E-state index in [0.29, 0.717) is 5.13 Å². The van der Waals surface area contributed by atoms with Gasteiger partial charge in [-0.3, -0.25) is 5.43 Å². The van der Waals surface area contributed by atoms with Gasteiger partial charge in [-0.2, -0.15) is 13.9 Å². The smallest absolute Gasteiger partial charge is 0.387 e. The number of nitrogens with one attached hydrogen (secondary N) is 1. The molecular weight excluding hydrogens is 351 g/mol. The number of aromatic nitrogens is 1. The first-order chi connectivity index (χ1) is 12.1. The number of benzene rings is 2. The predicted molar refractivity (Wildman–Crippen MR) is 91.8 cm³/mol. The van der Waals surface area contributed by atoms with Gasteiger partial charge in [0.1, 0.15) is 0 Å². The minimum Gasteiger partial charge on any atom is -0.432 e. The molecule has 0 aliphatic carbocycles. The first-order valence-electron chi connectivity index (χ1n) is 7.17. The van der Waals surface area contributed by atoms with Crippen molar-refractivity contribution in [2.24, 2.45) is 5.10 Å². The van der Waals surface area contributed by atoms with E-state index in [2.05, 4.69) is 20.2 Å². The van der Waals surface area contributed by atoms with Crippen molar-refractivity contribution in [1.82, 2.24) is 4.98 Å². The van der Waals surface area contributed by atoms with E-state index in [9.17, 15) is 13.2 Å². The Morgan fingerprint density at radius 2 is 1.92 bits per heavy atom. The average Bonchev–Trinajstić information content (AvgIpc) is 3.07. The number of alkyl halides is 2. The third-order valence-electron chi connectivity index (χ3n) is 3.15. The highest BCUT2D eigenvalue weighted by Crippen LogP contribution is 2.25. The molecule has 0 atom stereocenters. The number of rotatable bonds is 6. The summed E-state index contributed by atoms with van der Waals surface area (Å²) in [5.74, 6) is -1.43. The second kappa shape index (κ2) is 7.80. The van der Waals surface area contributed by atoms with Gasteiger partial charge in [0.15, 0.2) is 11.6 Å². The predicted octanol–water partition coefficient (Wildman–Crippen LogP) is 5.00. The van der Waals surface area contributed by atoms with Crippen LogP contribution in [0.4, 0.5) is 18.3 Å². The van der Waals surface area contributed by atoms with Crippen LogP contribution in [0.5, 0.6) is 5.75 Å². The zero-order valence-corrected chi connectivity index (χ0v) is 13.5. The lowest BCUT2D eigenvalue weighted by Crippen LogP contribution is -2.05. The largest absolute Gasteiger partial charge is 0.432 e. The summed E-state index contributed by atoms with van der Waals surface area (Å²) in [6, 6.07) is 13.5. The zero-order valence-electron chi connectivity index (χ0n) is 12.7. The van der Waals surface area contributed by atoms with Gasteiger partial charge in [0.05, 0.1) is 11.9 Å². The summed E-state index contributed by atoms with van der Waals surface area (Å²) in [6.45, 7) is -3.09. The van der Waals surface area contributed by atoms with Gasteiger partial charge in [-0.1, -0.05) is 42.5 Å². The normalized spacial score (nSPS) is 11.2. The Hall–Kier alpha value is -2.87. The fourth-order valence-electron chi connectivity index (χ4n) is 2.04. The summed E-state index contributed by atoms with van der Waals surface area (Å²) in [6.07, 6.45) is 1.18. The number of hydrazone groups is 1. The maximum Gasteiger partial charge on any atom is 0.387 e. The van der Waals surface area contributed by atoms with Gasteiger partial charge < -0.3 is 4.74 Å². The van der Waals surface area contributed by atoms with Gasteiger partial charge in [-0.25, -0.2) is 9.37 Å². The minimum atomic E-state index is -3.09. The number of hydrogen-bond acceptors (Lipinski definition) is 5. The van der Waals surface area contributed by atoms with Crippen molar-refractivity contribution in [3.05, 3.63) is 65.3 Å². The Morgan fingerprint density at radius 1 is 1.12 bits per heavy atom. The minimum absolute atomic E-state index is 0.0190. The van der Waals surface area contributed by atoms with E-state index in [1.807, 2.05) is 35.7 Å². The van der Waals surface area contributed by atoms with Gasteiger partial charge >= 0.3 is 6.61 Å². The molecule has 0 aliphatic heterocycles. The van der Waals surface area contributed by atoms with Gasteiger partial charge in [-0.15, -0.1) is 11.3 Å². The van der Waals surface area contributed by atoms with E-state index < -0.39 is 18.2 Å². The van der Waals surface area contributed by atoms with Crippen LogP contribution in [0.1, 0.15) is 5.56 Å². The molecule has 0 amide bonds. The SMILES string of the molecule is Fc1c(C=NNc2nc(-c3ccccc3)cs2)cccc1OC(F)F. The molecule has 128 valence electrons. The van der Waals surface area contributed by atoms with Crippen LogP contribution in [0.15, 0.2) is 59.0 Å². The molecule has 8 heteroatoms. The highest BCUT2D eigenvalue weighted by Gasteiger charge is 2.12. The Morgan fingerprint density at radius 3 is 2.68 bits per heavy atom. The van der Waals surface area contributed by atoms with Crippen LogP contribution >= 0.6 is 11.3 Å². The number of halogens is 3. The summed E-state index contributed by atoms with van der Waals surface area (Å²) in [5, 5.41) is 6.28. The highest BCUT2D eigenvalue weighted by molar-refractivity contribution is 7.14. The topological polar surface area (TPSA) is 46.5 Å². The van der Waals surface area contributed by atoms with Crippen molar-refractivity contribution >= 4 is 22.7 Å². The second-order valence-electron chi connectivity index (χ2n) is 4.81. The number of anilines is 1. The van der Waals surface area contributed by atoms with Crippen molar-refractivity contribution in [2.45, 2.75) is 6.61 Å². The Labute approximate surface area is 145 Å². The van der Waals surface area contributed by atoms with E-state index in [4.69, 9.17) is 0 Å². The molecule has 0 radical (unpaired) electrons. The summed E-state index contributed by atoms with van der Waals surface area (Å²) in [7, 11) is 0. The van der Waals surface area contributed by atoms with E-state index in [-0.39, 0.29) is 5.56 Å². The maximum absolute atomic E-state index is 14.0. The van der Waals surface area contributed by atoms with Crippen molar-refractivity contribution in [2.75, 3.05) is 5.43 Å². The highest BCUT2D eigenvalue weighted by atomic mass is 32.1. The van der Waals surface area contributed by atoms with Crippen LogP contribution in [0.2, 0.25) is 0 Å². The van der Waals surface area contributed by atoms with Gasteiger partial charge in [0.25, 0.3) is 0 Å². The number of hydrogen-bond donors (Lipinski definition) is 1. The molecule has 1 aromatic heterocycles. The fourth-order valence-corrected chi connectivity index (χ4v) is 2.71. The van der Waals surface area contributed by atoms with Crippen LogP contribution in [0.25, 0.3) is 11.3 Å². The lowest BCUT2D eigenvalue weighted by atomic mass is 10.2. The number of nitrogens with zero attached hydrogens (tertiary/aromatic N) is 2. The monoisotopic (exact) mass is 363 g/mol. The Kier molecular flexibility index (Phi) is 5.30. The maximum atomic E-state index is 14.0. The van der Waals surface area contributed by atoms with Crippen LogP contribution in [-0.2, 0) is 0 Å². The molecule has 1 N–H and O–H groups in total. The molecule has 0 aliphatic rings. The lowest BCUT2D eigenvalue weighted by Gasteiger charge is -2.06. The Balaban J connectivity index is 1.69. The third kappa shape index (κ3) is 4.36. The zero-order chi connectivity index (χ0) is 17.6. The van der Waals surface area contributed by atoms with Crippen molar-refractivity contribution in [3.8, 4) is 17.0 Å². The quantitative estimate of drug-likeness (QED) is 0.495. The standard InChI is InChI=1S/C17H12F3N3OS/c18-15-12(7-4-8-14(15)24-16(19)20)9-21-23-17-22-13(10-25-17)11-5-2-1-3-6-11/h1-10,16H,(H,22,23). The van der Waals surface area contributed by atoms with Gasteiger partial charge in [-0.05, 0) is 6.07 Å². The summed E-state index contributed by atoms with van der Waals surface area (Å²) in [4.78, 5) is 4.37. The molecule has 0 bridgehead atoms. The molecule has 4 nitrogen and oxygen atoms in total. The van der Waals surface area contributed by atoms with Crippen molar-refractivity contribution in [3.63, 3.8) is 0 Å². The molecule has 0 saturated heterocycles. The molecular formula is C17H12F3N3OS. The molecule has 25 heavy (non-hydrogen) atoms. The Bertz CT molecular complexity index is 869. The van der Waals surface area contributed by atoms with Crippen LogP contribution in [-0.4, -0.2) is 17.8 Å².